The number of aliphatic hydroxyl groups excluding tert-OH is 1. The summed E-state index contributed by atoms with van der Waals surface area (Å²) >= 11 is 0. The average Bonchev–Trinajstić information content (AvgIpc) is 3.62. The third-order valence-corrected chi connectivity index (χ3v) is 7.36. The second-order valence-corrected chi connectivity index (χ2v) is 9.95. The molecule has 6 nitrogen and oxygen atoms in total. The van der Waals surface area contributed by atoms with Gasteiger partial charge in [-0.05, 0) is 87.3 Å². The Bertz CT molecular complexity index is 1330. The van der Waals surface area contributed by atoms with Gasteiger partial charge in [-0.2, -0.15) is 18.2 Å². The molecule has 2 aliphatic carbocycles. The summed E-state index contributed by atoms with van der Waals surface area (Å²) in [5.74, 6) is 6.50. The van der Waals surface area contributed by atoms with Crippen LogP contribution in [0, 0.1) is 11.8 Å². The first kappa shape index (κ1) is 26.1. The van der Waals surface area contributed by atoms with E-state index in [1.807, 2.05) is 18.2 Å². The molecule has 38 heavy (non-hydrogen) atoms. The molecule has 2 aromatic carbocycles. The number of hydrogen-bond donors (Lipinski definition) is 1. The predicted octanol–water partition coefficient (Wildman–Crippen LogP) is 6.31. The van der Waals surface area contributed by atoms with Gasteiger partial charge in [-0.1, -0.05) is 29.1 Å². The van der Waals surface area contributed by atoms with Crippen LogP contribution < -0.4 is 9.47 Å². The largest absolute Gasteiger partial charge is 0.493 e. The molecule has 9 heteroatoms. The normalized spacial score (nSPS) is 22.1. The van der Waals surface area contributed by atoms with E-state index < -0.39 is 17.4 Å². The Balaban J connectivity index is 1.47. The number of hydrogen-bond acceptors (Lipinski definition) is 6. The first-order valence-electron chi connectivity index (χ1n) is 12.8. The van der Waals surface area contributed by atoms with Crippen LogP contribution >= 0.6 is 0 Å². The zero-order valence-corrected chi connectivity index (χ0v) is 21.1. The maximum absolute atomic E-state index is 12.9. The number of rotatable bonds is 5. The van der Waals surface area contributed by atoms with Crippen LogP contribution in [0.2, 0.25) is 0 Å². The molecule has 0 spiro atoms. The van der Waals surface area contributed by atoms with Gasteiger partial charge < -0.3 is 19.1 Å². The van der Waals surface area contributed by atoms with Crippen molar-refractivity contribution >= 4 is 0 Å². The zero-order valence-electron chi connectivity index (χ0n) is 21.1. The topological polar surface area (TPSA) is 77.6 Å². The van der Waals surface area contributed by atoms with E-state index in [0.717, 1.165) is 31.2 Å². The number of alkyl halides is 3. The molecule has 0 bridgehead atoms. The summed E-state index contributed by atoms with van der Waals surface area (Å²) in [6.07, 6.45) is 2.00. The molecule has 200 valence electrons. The van der Waals surface area contributed by atoms with E-state index in [1.54, 1.807) is 31.4 Å². The molecular formula is C29H29F3N2O4. The van der Waals surface area contributed by atoms with Gasteiger partial charge in [0.05, 0.1) is 24.7 Å². The fourth-order valence-corrected chi connectivity index (χ4v) is 5.21. The van der Waals surface area contributed by atoms with Crippen molar-refractivity contribution in [3.63, 3.8) is 0 Å². The molecule has 3 aromatic rings. The highest BCUT2D eigenvalue weighted by molar-refractivity contribution is 5.57. The SMILES string of the molecule is COc1ccc(C2(C#Cc3cccc(-c4nc(C(F)(F)F)no4)c3)CCC(O)CC2)cc1OC1CCCC1. The molecule has 2 saturated carbocycles. The lowest BCUT2D eigenvalue weighted by atomic mass is 9.69. The van der Waals surface area contributed by atoms with Crippen LogP contribution in [0.25, 0.3) is 11.5 Å². The molecule has 0 aliphatic heterocycles. The molecule has 2 aliphatic rings. The van der Waals surface area contributed by atoms with Crippen LogP contribution in [0.4, 0.5) is 13.2 Å². The lowest BCUT2D eigenvalue weighted by Crippen LogP contribution is -2.32. The van der Waals surface area contributed by atoms with Gasteiger partial charge >= 0.3 is 6.18 Å². The maximum atomic E-state index is 12.9. The minimum atomic E-state index is -4.68. The summed E-state index contributed by atoms with van der Waals surface area (Å²) in [5.41, 5.74) is 1.43. The van der Waals surface area contributed by atoms with Gasteiger partial charge in [0.2, 0.25) is 0 Å². The molecule has 5 rings (SSSR count). The fourth-order valence-electron chi connectivity index (χ4n) is 5.21. The van der Waals surface area contributed by atoms with Crippen molar-refractivity contribution < 1.29 is 32.3 Å². The summed E-state index contributed by atoms with van der Waals surface area (Å²) in [6, 6.07) is 12.6. The highest BCUT2D eigenvalue weighted by atomic mass is 19.4. The van der Waals surface area contributed by atoms with Crippen molar-refractivity contribution in [2.45, 2.75) is 75.2 Å². The number of halogens is 3. The summed E-state index contributed by atoms with van der Waals surface area (Å²) in [6.45, 7) is 0. The predicted molar refractivity (Wildman–Crippen MR) is 134 cm³/mol. The highest BCUT2D eigenvalue weighted by Gasteiger charge is 2.38. The third kappa shape index (κ3) is 5.65. The number of aliphatic hydroxyl groups is 1. The fraction of sp³-hybridized carbons (Fsp3) is 0.448. The van der Waals surface area contributed by atoms with Crippen molar-refractivity contribution in [2.75, 3.05) is 7.11 Å². The Hall–Kier alpha value is -3.51. The molecule has 0 amide bonds. The minimum Gasteiger partial charge on any atom is -0.493 e. The maximum Gasteiger partial charge on any atom is 0.455 e. The lowest BCUT2D eigenvalue weighted by Gasteiger charge is -2.35. The van der Waals surface area contributed by atoms with Gasteiger partial charge in [-0.15, -0.1) is 0 Å². The van der Waals surface area contributed by atoms with Crippen LogP contribution in [0.1, 0.15) is 68.3 Å². The standard InChI is InChI=1S/C29H29F3N2O4/c1-36-24-10-9-21(18-25(24)37-23-7-2-3-8-23)28(15-12-22(35)13-16-28)14-11-19-5-4-6-20(17-19)26-33-27(34-38-26)29(30,31)32/h4-6,9-10,17-18,22-23,35H,2-3,7-8,12-13,15-16H2,1H3. The van der Waals surface area contributed by atoms with Crippen molar-refractivity contribution in [1.29, 1.82) is 0 Å². The smallest absolute Gasteiger partial charge is 0.455 e. The van der Waals surface area contributed by atoms with E-state index >= 15 is 0 Å². The molecule has 0 unspecified atom stereocenters. The molecular weight excluding hydrogens is 497 g/mol. The second kappa shape index (κ2) is 10.7. The Labute approximate surface area is 219 Å². The number of benzene rings is 2. The lowest BCUT2D eigenvalue weighted by molar-refractivity contribution is -0.146. The van der Waals surface area contributed by atoms with Gasteiger partial charge in [-0.25, -0.2) is 0 Å². The van der Waals surface area contributed by atoms with Gasteiger partial charge in [0.15, 0.2) is 11.5 Å². The molecule has 2 fully saturated rings. The number of aromatic nitrogens is 2. The first-order valence-corrected chi connectivity index (χ1v) is 12.8. The van der Waals surface area contributed by atoms with Crippen LogP contribution in [-0.2, 0) is 11.6 Å². The molecule has 1 heterocycles. The van der Waals surface area contributed by atoms with Crippen molar-refractivity contribution in [3.8, 4) is 34.8 Å². The van der Waals surface area contributed by atoms with Gasteiger partial charge in [0.1, 0.15) is 0 Å². The van der Waals surface area contributed by atoms with Crippen LogP contribution in [0.3, 0.4) is 0 Å². The Kier molecular flexibility index (Phi) is 7.35. The summed E-state index contributed by atoms with van der Waals surface area (Å²) < 4.78 is 55.4. The number of nitrogens with zero attached hydrogens (tertiary/aromatic N) is 2. The Morgan fingerprint density at radius 1 is 1.03 bits per heavy atom. The molecule has 1 N–H and O–H groups in total. The van der Waals surface area contributed by atoms with Gasteiger partial charge in [-0.3, -0.25) is 0 Å². The van der Waals surface area contributed by atoms with Crippen molar-refractivity contribution in [2.24, 2.45) is 0 Å². The van der Waals surface area contributed by atoms with Crippen molar-refractivity contribution in [1.82, 2.24) is 10.1 Å². The molecule has 1 aromatic heterocycles. The monoisotopic (exact) mass is 526 g/mol. The van der Waals surface area contributed by atoms with Gasteiger partial charge in [0.25, 0.3) is 11.7 Å². The van der Waals surface area contributed by atoms with Crippen molar-refractivity contribution in [3.05, 3.63) is 59.4 Å². The van der Waals surface area contributed by atoms with E-state index in [0.29, 0.717) is 48.3 Å². The summed E-state index contributed by atoms with van der Waals surface area (Å²) in [4.78, 5) is 3.48. The van der Waals surface area contributed by atoms with E-state index in [4.69, 9.17) is 14.0 Å². The first-order chi connectivity index (χ1) is 18.3. The van der Waals surface area contributed by atoms with E-state index in [9.17, 15) is 18.3 Å². The summed E-state index contributed by atoms with van der Waals surface area (Å²) in [7, 11) is 1.62. The number of ether oxygens (including phenoxy) is 2. The highest BCUT2D eigenvalue weighted by Crippen LogP contribution is 2.43. The van der Waals surface area contributed by atoms with Gasteiger partial charge in [0, 0.05) is 11.1 Å². The van der Waals surface area contributed by atoms with Crippen LogP contribution in [0.5, 0.6) is 11.5 Å². The Morgan fingerprint density at radius 2 is 1.79 bits per heavy atom. The van der Waals surface area contributed by atoms with E-state index in [2.05, 4.69) is 22.0 Å². The van der Waals surface area contributed by atoms with Crippen LogP contribution in [0.15, 0.2) is 47.0 Å². The van der Waals surface area contributed by atoms with Crippen LogP contribution in [-0.4, -0.2) is 34.6 Å². The quantitative estimate of drug-likeness (QED) is 0.393. The molecule has 0 atom stereocenters. The minimum absolute atomic E-state index is 0.166. The third-order valence-electron chi connectivity index (χ3n) is 7.36. The second-order valence-electron chi connectivity index (χ2n) is 9.95. The zero-order chi connectivity index (χ0) is 26.8. The number of methoxy groups -OCH3 is 1. The summed E-state index contributed by atoms with van der Waals surface area (Å²) in [5, 5.41) is 13.3. The average molecular weight is 527 g/mol. The molecule has 0 saturated heterocycles. The molecule has 0 radical (unpaired) electrons. The van der Waals surface area contributed by atoms with E-state index in [1.165, 1.54) is 0 Å². The Morgan fingerprint density at radius 3 is 2.47 bits per heavy atom. The van der Waals surface area contributed by atoms with E-state index in [-0.39, 0.29) is 18.1 Å².